The molecule has 0 radical (unpaired) electrons. The van der Waals surface area contributed by atoms with E-state index < -0.39 is 0 Å². The molecule has 0 aromatic carbocycles. The van der Waals surface area contributed by atoms with E-state index in [4.69, 9.17) is 0 Å². The van der Waals surface area contributed by atoms with Gasteiger partial charge in [-0.15, -0.1) is 0 Å². The largest absolute Gasteiger partial charge is 0.0882 e. The van der Waals surface area contributed by atoms with Crippen LogP contribution in [-0.2, 0) is 0 Å². The van der Waals surface area contributed by atoms with Crippen LogP contribution in [-0.4, -0.2) is 0 Å². The fourth-order valence-corrected chi connectivity index (χ4v) is 3.12. The first-order valence-electron chi connectivity index (χ1n) is 11.7. The molecule has 0 aromatic heterocycles. The van der Waals surface area contributed by atoms with Crippen molar-refractivity contribution in [2.45, 2.75) is 113 Å². The number of hydrogen-bond donors (Lipinski definition) is 0. The number of rotatable bonds is 15. The van der Waals surface area contributed by atoms with Crippen molar-refractivity contribution >= 4 is 0 Å². The Morgan fingerprint density at radius 1 is 0.379 bits per heavy atom. The Bertz CT molecular complexity index is 594. The van der Waals surface area contributed by atoms with Gasteiger partial charge in [-0.2, -0.15) is 0 Å². The van der Waals surface area contributed by atoms with E-state index in [0.717, 1.165) is 6.42 Å². The average Bonchev–Trinajstić information content (AvgIpc) is 2.63. The summed E-state index contributed by atoms with van der Waals surface area (Å²) >= 11 is 0. The first-order chi connectivity index (χ1) is 13.8. The molecule has 0 nitrogen and oxygen atoms in total. The zero-order valence-electron chi connectivity index (χ0n) is 20.6. The van der Waals surface area contributed by atoms with Crippen molar-refractivity contribution in [3.05, 3.63) is 70.4 Å². The van der Waals surface area contributed by atoms with E-state index in [1.54, 1.807) is 0 Å². The molecule has 0 spiro atoms. The molecule has 0 N–H and O–H groups in total. The number of unbranched alkanes of at least 4 members (excludes halogenated alkanes) is 2. The minimum atomic E-state index is 1.16. The molecule has 0 atom stereocenters. The van der Waals surface area contributed by atoms with Gasteiger partial charge in [0.15, 0.2) is 0 Å². The fraction of sp³-hybridized carbons (Fsp3) is 0.586. The Kier molecular flexibility index (Phi) is 17.5. The lowest BCUT2D eigenvalue weighted by Crippen LogP contribution is -1.81. The van der Waals surface area contributed by atoms with Gasteiger partial charge in [-0.25, -0.2) is 0 Å². The lowest BCUT2D eigenvalue weighted by atomic mass is 10.1. The van der Waals surface area contributed by atoms with E-state index in [-0.39, 0.29) is 0 Å². The van der Waals surface area contributed by atoms with Gasteiger partial charge >= 0.3 is 0 Å². The summed E-state index contributed by atoms with van der Waals surface area (Å²) in [5, 5.41) is 0. The summed E-state index contributed by atoms with van der Waals surface area (Å²) in [5.74, 6) is 0. The summed E-state index contributed by atoms with van der Waals surface area (Å²) in [7, 11) is 0. The molecule has 0 heteroatoms. The maximum atomic E-state index is 2.42. The molecule has 0 aliphatic heterocycles. The highest BCUT2D eigenvalue weighted by molar-refractivity contribution is 5.06. The highest BCUT2D eigenvalue weighted by atomic mass is 14.0. The van der Waals surface area contributed by atoms with Crippen molar-refractivity contribution in [3.63, 3.8) is 0 Å². The van der Waals surface area contributed by atoms with Crippen LogP contribution in [0, 0.1) is 0 Å². The average molecular weight is 397 g/mol. The van der Waals surface area contributed by atoms with Crippen LogP contribution in [0.4, 0.5) is 0 Å². The van der Waals surface area contributed by atoms with E-state index in [2.05, 4.69) is 91.0 Å². The molecule has 0 fully saturated rings. The smallest absolute Gasteiger partial charge is 0.0288 e. The molecule has 0 aromatic rings. The van der Waals surface area contributed by atoms with Crippen LogP contribution in [0.2, 0.25) is 0 Å². The molecular formula is C29H48. The maximum absolute atomic E-state index is 2.42. The standard InChI is InChI=1S/C29H48/c1-25(2)17-14-21-27(5)19-12-10-8-9-11-13-20-28(6)23-16-24-29(7)22-15-18-26(3)4/h8-9,17-20,24H,10-16,21-23H2,1-7H3/b9-8+,27-19+,28-20+,29-24+. The van der Waals surface area contributed by atoms with Crippen molar-refractivity contribution in [3.8, 4) is 0 Å². The van der Waals surface area contributed by atoms with Crippen LogP contribution in [0.5, 0.6) is 0 Å². The van der Waals surface area contributed by atoms with Crippen molar-refractivity contribution in [2.24, 2.45) is 0 Å². The van der Waals surface area contributed by atoms with Crippen molar-refractivity contribution in [1.82, 2.24) is 0 Å². The summed E-state index contributed by atoms with van der Waals surface area (Å²) in [6.45, 7) is 15.5. The molecule has 0 unspecified atom stereocenters. The van der Waals surface area contributed by atoms with Gasteiger partial charge in [-0.05, 0) is 113 Å². The van der Waals surface area contributed by atoms with Gasteiger partial charge in [-0.3, -0.25) is 0 Å². The summed E-state index contributed by atoms with van der Waals surface area (Å²) in [5.41, 5.74) is 7.43. The zero-order chi connectivity index (χ0) is 21.9. The Balaban J connectivity index is 3.87. The molecule has 29 heavy (non-hydrogen) atoms. The predicted molar refractivity (Wildman–Crippen MR) is 135 cm³/mol. The SMILES string of the molecule is CC(C)=CCC/C(C)=C/CC/C=C/CC/C=C(\C)CC/C=C(\C)CCC=C(C)C. The first kappa shape index (κ1) is 27.4. The van der Waals surface area contributed by atoms with Crippen LogP contribution in [0.3, 0.4) is 0 Å². The second-order valence-corrected chi connectivity index (χ2v) is 8.96. The molecule has 0 rings (SSSR count). The molecule has 0 bridgehead atoms. The zero-order valence-corrected chi connectivity index (χ0v) is 20.6. The topological polar surface area (TPSA) is 0 Å². The second-order valence-electron chi connectivity index (χ2n) is 8.96. The summed E-state index contributed by atoms with van der Waals surface area (Å²) in [6, 6.07) is 0. The maximum Gasteiger partial charge on any atom is -0.0288 e. The van der Waals surface area contributed by atoms with Crippen LogP contribution in [0.1, 0.15) is 113 Å². The summed E-state index contributed by atoms with van der Waals surface area (Å²) in [4.78, 5) is 0. The Labute approximate surface area is 183 Å². The fourth-order valence-electron chi connectivity index (χ4n) is 3.12. The van der Waals surface area contributed by atoms with Crippen molar-refractivity contribution in [1.29, 1.82) is 0 Å². The van der Waals surface area contributed by atoms with E-state index in [0.29, 0.717) is 0 Å². The van der Waals surface area contributed by atoms with Gasteiger partial charge in [-0.1, -0.05) is 70.4 Å². The number of allylic oxidation sites excluding steroid dienone is 12. The third-order valence-corrected chi connectivity index (χ3v) is 5.03. The second kappa shape index (κ2) is 18.5. The van der Waals surface area contributed by atoms with E-state index in [1.807, 2.05) is 0 Å². The molecule has 0 heterocycles. The normalized spacial score (nSPS) is 13.1. The Hall–Kier alpha value is -1.56. The summed E-state index contributed by atoms with van der Waals surface area (Å²) in [6.07, 6.45) is 28.4. The van der Waals surface area contributed by atoms with Crippen molar-refractivity contribution < 1.29 is 0 Å². The minimum absolute atomic E-state index is 1.16. The third-order valence-electron chi connectivity index (χ3n) is 5.03. The van der Waals surface area contributed by atoms with Crippen LogP contribution in [0.25, 0.3) is 0 Å². The quantitative estimate of drug-likeness (QED) is 0.191. The Morgan fingerprint density at radius 2 is 0.690 bits per heavy atom. The molecule has 0 aliphatic rings. The van der Waals surface area contributed by atoms with E-state index in [1.165, 1.54) is 85.7 Å². The van der Waals surface area contributed by atoms with E-state index in [9.17, 15) is 0 Å². The van der Waals surface area contributed by atoms with Gasteiger partial charge in [0, 0.05) is 0 Å². The van der Waals surface area contributed by atoms with Gasteiger partial charge < -0.3 is 0 Å². The lowest BCUT2D eigenvalue weighted by Gasteiger charge is -2.01. The molecule has 164 valence electrons. The first-order valence-corrected chi connectivity index (χ1v) is 11.7. The predicted octanol–water partition coefficient (Wildman–Crippen LogP) is 10.2. The van der Waals surface area contributed by atoms with Gasteiger partial charge in [0.05, 0.1) is 0 Å². The molecule has 0 aliphatic carbocycles. The Morgan fingerprint density at radius 3 is 1.03 bits per heavy atom. The van der Waals surface area contributed by atoms with Crippen LogP contribution < -0.4 is 0 Å². The van der Waals surface area contributed by atoms with Crippen LogP contribution >= 0.6 is 0 Å². The van der Waals surface area contributed by atoms with Gasteiger partial charge in [0.25, 0.3) is 0 Å². The highest BCUT2D eigenvalue weighted by Gasteiger charge is 1.92. The highest BCUT2D eigenvalue weighted by Crippen LogP contribution is 2.13. The molecular weight excluding hydrogens is 348 g/mol. The van der Waals surface area contributed by atoms with Gasteiger partial charge in [0.1, 0.15) is 0 Å². The minimum Gasteiger partial charge on any atom is -0.0882 e. The van der Waals surface area contributed by atoms with Crippen molar-refractivity contribution in [2.75, 3.05) is 0 Å². The van der Waals surface area contributed by atoms with Gasteiger partial charge in [0.2, 0.25) is 0 Å². The molecule has 0 saturated carbocycles. The van der Waals surface area contributed by atoms with Crippen LogP contribution in [0.15, 0.2) is 70.4 Å². The summed E-state index contributed by atoms with van der Waals surface area (Å²) < 4.78 is 0. The monoisotopic (exact) mass is 396 g/mol. The molecule has 0 amide bonds. The number of hydrogen-bond acceptors (Lipinski definition) is 0. The molecule has 0 saturated heterocycles. The van der Waals surface area contributed by atoms with E-state index >= 15 is 0 Å². The lowest BCUT2D eigenvalue weighted by molar-refractivity contribution is 0.906. The third kappa shape index (κ3) is 21.0.